The van der Waals surface area contributed by atoms with E-state index in [2.05, 4.69) is 34.1 Å². The minimum atomic E-state index is 0.0802. The first-order valence-corrected chi connectivity index (χ1v) is 14.8. The Morgan fingerprint density at radius 3 is 2.35 bits per heavy atom. The topological polar surface area (TPSA) is 53.1 Å². The van der Waals surface area contributed by atoms with Crippen LogP contribution in [0, 0.1) is 0 Å². The highest BCUT2D eigenvalue weighted by Gasteiger charge is 2.32. The minimum Gasteiger partial charge on any atom is -0.492 e. The minimum absolute atomic E-state index is 0.0802. The molecule has 0 saturated carbocycles. The van der Waals surface area contributed by atoms with E-state index in [1.54, 1.807) is 0 Å². The van der Waals surface area contributed by atoms with Crippen LogP contribution in [0.3, 0.4) is 0 Å². The maximum atomic E-state index is 12.8. The van der Waals surface area contributed by atoms with Crippen LogP contribution in [0.1, 0.15) is 60.2 Å². The first kappa shape index (κ1) is 27.9. The molecule has 0 N–H and O–H groups in total. The average Bonchev–Trinajstić information content (AvgIpc) is 2.99. The van der Waals surface area contributed by atoms with Gasteiger partial charge in [0.1, 0.15) is 12.4 Å². The molecule has 0 aromatic heterocycles. The van der Waals surface area contributed by atoms with Crippen molar-refractivity contribution < 1.29 is 14.3 Å². The van der Waals surface area contributed by atoms with Crippen LogP contribution in [0.15, 0.2) is 72.8 Å². The number of piperidine rings is 1. The molecule has 2 amide bonds. The zero-order chi connectivity index (χ0) is 27.9. The van der Waals surface area contributed by atoms with Crippen molar-refractivity contribution in [3.63, 3.8) is 0 Å². The number of amides is 2. The van der Waals surface area contributed by atoms with Crippen LogP contribution in [0.5, 0.6) is 5.75 Å². The maximum absolute atomic E-state index is 12.8. The molecular weight excluding hydrogens is 498 g/mol. The van der Waals surface area contributed by atoms with E-state index in [0.717, 1.165) is 73.4 Å². The van der Waals surface area contributed by atoms with Gasteiger partial charge in [0.2, 0.25) is 5.91 Å². The van der Waals surface area contributed by atoms with E-state index in [1.807, 2.05) is 67.3 Å². The van der Waals surface area contributed by atoms with Gasteiger partial charge in [0.15, 0.2) is 0 Å². The summed E-state index contributed by atoms with van der Waals surface area (Å²) in [7, 11) is 0. The molecule has 0 spiro atoms. The van der Waals surface area contributed by atoms with Crippen molar-refractivity contribution in [3.8, 4) is 5.75 Å². The zero-order valence-corrected chi connectivity index (χ0v) is 23.9. The highest BCUT2D eigenvalue weighted by molar-refractivity contribution is 5.97. The number of carbonyl (C=O) groups is 2. The third-order valence-corrected chi connectivity index (χ3v) is 8.33. The van der Waals surface area contributed by atoms with Crippen LogP contribution in [-0.4, -0.2) is 67.0 Å². The van der Waals surface area contributed by atoms with Crippen LogP contribution < -0.4 is 9.64 Å². The van der Waals surface area contributed by atoms with E-state index >= 15 is 0 Å². The SMILES string of the molecule is CCN(CC)C(=O)c1ccc(Cc2ccccc2OCCN2CCC(N3C(=O)CCc4ccccc43)CC2)cc1. The monoisotopic (exact) mass is 539 g/mol. The molecule has 2 aliphatic rings. The van der Waals surface area contributed by atoms with Crippen molar-refractivity contribution in [2.75, 3.05) is 44.2 Å². The van der Waals surface area contributed by atoms with E-state index in [0.29, 0.717) is 26.1 Å². The molecule has 6 heteroatoms. The van der Waals surface area contributed by atoms with Crippen molar-refractivity contribution in [2.24, 2.45) is 0 Å². The number of hydrogen-bond donors (Lipinski definition) is 0. The standard InChI is InChI=1S/C34H41N3O3/c1-3-36(4-2)34(39)28-15-13-26(14-16-28)25-29-10-6-8-12-32(29)40-24-23-35-21-19-30(20-22-35)37-31-11-7-5-9-27(31)17-18-33(37)38/h5-16,30H,3-4,17-25H2,1-2H3. The van der Waals surface area contributed by atoms with Crippen molar-refractivity contribution in [2.45, 2.75) is 52.0 Å². The molecule has 0 radical (unpaired) electrons. The molecular formula is C34H41N3O3. The van der Waals surface area contributed by atoms with Gasteiger partial charge in [0.25, 0.3) is 5.91 Å². The molecule has 5 rings (SSSR count). The smallest absolute Gasteiger partial charge is 0.253 e. The van der Waals surface area contributed by atoms with E-state index in [9.17, 15) is 9.59 Å². The highest BCUT2D eigenvalue weighted by atomic mass is 16.5. The number of fused-ring (bicyclic) bond motifs is 1. The zero-order valence-electron chi connectivity index (χ0n) is 23.9. The predicted octanol–water partition coefficient (Wildman–Crippen LogP) is 5.58. The summed E-state index contributed by atoms with van der Waals surface area (Å²) >= 11 is 0. The lowest BCUT2D eigenvalue weighted by Crippen LogP contribution is -2.49. The second-order valence-electron chi connectivity index (χ2n) is 10.8. The number of likely N-dealkylation sites (tertiary alicyclic amines) is 1. The molecule has 210 valence electrons. The van der Waals surface area contributed by atoms with Gasteiger partial charge >= 0.3 is 0 Å². The Morgan fingerprint density at radius 2 is 1.60 bits per heavy atom. The Labute approximate surface area is 238 Å². The first-order chi connectivity index (χ1) is 19.6. The van der Waals surface area contributed by atoms with Crippen molar-refractivity contribution >= 4 is 17.5 Å². The molecule has 0 atom stereocenters. The lowest BCUT2D eigenvalue weighted by molar-refractivity contribution is -0.119. The number of ether oxygens (including phenoxy) is 1. The van der Waals surface area contributed by atoms with Gasteiger partial charge in [0.05, 0.1) is 0 Å². The lowest BCUT2D eigenvalue weighted by atomic mass is 9.95. The molecule has 3 aromatic carbocycles. The second kappa shape index (κ2) is 13.1. The summed E-state index contributed by atoms with van der Waals surface area (Å²) < 4.78 is 6.27. The van der Waals surface area contributed by atoms with Crippen molar-refractivity contribution in [3.05, 3.63) is 95.1 Å². The fourth-order valence-corrected chi connectivity index (χ4v) is 6.01. The van der Waals surface area contributed by atoms with Crippen molar-refractivity contribution in [1.82, 2.24) is 9.80 Å². The normalized spacial score (nSPS) is 16.1. The highest BCUT2D eigenvalue weighted by Crippen LogP contribution is 2.32. The summed E-state index contributed by atoms with van der Waals surface area (Å²) in [5.41, 5.74) is 5.44. The van der Waals surface area contributed by atoms with Gasteiger partial charge in [-0.15, -0.1) is 0 Å². The van der Waals surface area contributed by atoms with Gasteiger partial charge in [-0.25, -0.2) is 0 Å². The molecule has 6 nitrogen and oxygen atoms in total. The summed E-state index contributed by atoms with van der Waals surface area (Å²) in [5, 5.41) is 0. The molecule has 2 aliphatic heterocycles. The summed E-state index contributed by atoms with van der Waals surface area (Å²) in [6, 6.07) is 24.8. The molecule has 0 bridgehead atoms. The van der Waals surface area contributed by atoms with E-state index in [-0.39, 0.29) is 17.9 Å². The Kier molecular flexibility index (Phi) is 9.17. The number of nitrogens with zero attached hydrogens (tertiary/aromatic N) is 3. The summed E-state index contributed by atoms with van der Waals surface area (Å²) in [6.07, 6.45) is 4.20. The number of carbonyl (C=O) groups excluding carboxylic acids is 2. The van der Waals surface area contributed by atoms with E-state index in [1.165, 1.54) is 5.56 Å². The van der Waals surface area contributed by atoms with Crippen molar-refractivity contribution in [1.29, 1.82) is 0 Å². The largest absolute Gasteiger partial charge is 0.492 e. The fourth-order valence-electron chi connectivity index (χ4n) is 6.01. The number of anilines is 1. The Balaban J connectivity index is 1.12. The molecule has 1 fully saturated rings. The summed E-state index contributed by atoms with van der Waals surface area (Å²) in [4.78, 5) is 31.8. The molecule has 1 saturated heterocycles. The predicted molar refractivity (Wildman–Crippen MR) is 160 cm³/mol. The van der Waals surface area contributed by atoms with E-state index in [4.69, 9.17) is 4.74 Å². The second-order valence-corrected chi connectivity index (χ2v) is 10.8. The average molecular weight is 540 g/mol. The third-order valence-electron chi connectivity index (χ3n) is 8.33. The number of para-hydroxylation sites is 2. The number of rotatable bonds is 10. The van der Waals surface area contributed by atoms with Gasteiger partial charge < -0.3 is 14.5 Å². The molecule has 2 heterocycles. The summed E-state index contributed by atoms with van der Waals surface area (Å²) in [6.45, 7) is 8.88. The Morgan fingerprint density at radius 1 is 0.900 bits per heavy atom. The maximum Gasteiger partial charge on any atom is 0.253 e. The third kappa shape index (κ3) is 6.39. The van der Waals surface area contributed by atoms with Crippen LogP contribution in [0.4, 0.5) is 5.69 Å². The van der Waals surface area contributed by atoms with Crippen LogP contribution in [0.25, 0.3) is 0 Å². The quantitative estimate of drug-likeness (QED) is 0.338. The van der Waals surface area contributed by atoms with Crippen LogP contribution in [0.2, 0.25) is 0 Å². The van der Waals surface area contributed by atoms with Gasteiger partial charge in [-0.05, 0) is 74.1 Å². The van der Waals surface area contributed by atoms with Gasteiger partial charge in [-0.1, -0.05) is 48.5 Å². The first-order valence-electron chi connectivity index (χ1n) is 14.8. The van der Waals surface area contributed by atoms with E-state index < -0.39 is 0 Å². The molecule has 0 unspecified atom stereocenters. The van der Waals surface area contributed by atoms with Crippen LogP contribution in [-0.2, 0) is 17.6 Å². The molecule has 0 aliphatic carbocycles. The van der Waals surface area contributed by atoms with Crippen LogP contribution >= 0.6 is 0 Å². The molecule has 40 heavy (non-hydrogen) atoms. The lowest BCUT2D eigenvalue weighted by Gasteiger charge is -2.41. The summed E-state index contributed by atoms with van der Waals surface area (Å²) in [5.74, 6) is 1.26. The van der Waals surface area contributed by atoms with Gasteiger partial charge in [-0.3, -0.25) is 14.5 Å². The number of aryl methyl sites for hydroxylation is 1. The number of benzene rings is 3. The van der Waals surface area contributed by atoms with Gasteiger partial charge in [0, 0.05) is 62.9 Å². The molecule has 3 aromatic rings. The fraction of sp³-hybridized carbons (Fsp3) is 0.412. The van der Waals surface area contributed by atoms with Gasteiger partial charge in [-0.2, -0.15) is 0 Å². The number of hydrogen-bond acceptors (Lipinski definition) is 4. The Hall–Kier alpha value is -3.64. The Bertz CT molecular complexity index is 1290.